The van der Waals surface area contributed by atoms with Gasteiger partial charge >= 0.3 is 5.97 Å². The number of esters is 1. The van der Waals surface area contributed by atoms with E-state index in [4.69, 9.17) is 4.74 Å². The van der Waals surface area contributed by atoms with Crippen LogP contribution in [0.2, 0.25) is 0 Å². The fraction of sp³-hybridized carbons (Fsp3) is 0.857. The normalized spacial score (nSPS) is 11.7. The number of unbranched alkanes of at least 4 members (excludes halogenated alkanes) is 9. The molecular formula is C21H39BrO2. The average molecular weight is 403 g/mol. The monoisotopic (exact) mass is 402 g/mol. The molecule has 0 heterocycles. The molecule has 0 amide bonds. The first-order valence-corrected chi connectivity index (χ1v) is 11.3. The molecule has 0 saturated carbocycles. The van der Waals surface area contributed by atoms with Crippen LogP contribution in [-0.4, -0.2) is 17.9 Å². The van der Waals surface area contributed by atoms with Gasteiger partial charge in [-0.05, 0) is 38.5 Å². The SMILES string of the molecule is CCCCCC/C(=C/C(=O)OCCCCCCCBr)CCCCC. The van der Waals surface area contributed by atoms with Crippen LogP contribution in [0.15, 0.2) is 11.6 Å². The van der Waals surface area contributed by atoms with E-state index < -0.39 is 0 Å². The Balaban J connectivity index is 4.00. The maximum absolute atomic E-state index is 12.0. The summed E-state index contributed by atoms with van der Waals surface area (Å²) < 4.78 is 5.39. The van der Waals surface area contributed by atoms with Crippen molar-refractivity contribution >= 4 is 21.9 Å². The molecule has 0 aromatic heterocycles. The number of hydrogen-bond donors (Lipinski definition) is 0. The first kappa shape index (κ1) is 23.7. The van der Waals surface area contributed by atoms with Gasteiger partial charge in [-0.15, -0.1) is 0 Å². The van der Waals surface area contributed by atoms with Crippen molar-refractivity contribution in [1.82, 2.24) is 0 Å². The van der Waals surface area contributed by atoms with Crippen molar-refractivity contribution < 1.29 is 9.53 Å². The zero-order chi connectivity index (χ0) is 17.9. The molecule has 0 unspecified atom stereocenters. The van der Waals surface area contributed by atoms with Crippen LogP contribution in [0.5, 0.6) is 0 Å². The highest BCUT2D eigenvalue weighted by molar-refractivity contribution is 9.09. The van der Waals surface area contributed by atoms with E-state index in [0.717, 1.165) is 31.0 Å². The second-order valence-corrected chi connectivity index (χ2v) is 7.49. The topological polar surface area (TPSA) is 26.3 Å². The van der Waals surface area contributed by atoms with Gasteiger partial charge < -0.3 is 4.74 Å². The van der Waals surface area contributed by atoms with Gasteiger partial charge in [0.2, 0.25) is 0 Å². The standard InChI is InChI=1S/C21H39BrO2/c1-3-5-7-12-16-20(15-11-6-4-2)19-21(23)24-18-14-10-8-9-13-17-22/h19H,3-18H2,1-2H3/b20-19+. The molecule has 0 aromatic carbocycles. The van der Waals surface area contributed by atoms with Crippen LogP contribution in [0.25, 0.3) is 0 Å². The third kappa shape index (κ3) is 16.5. The predicted molar refractivity (Wildman–Crippen MR) is 109 cm³/mol. The molecule has 24 heavy (non-hydrogen) atoms. The molecule has 0 spiro atoms. The van der Waals surface area contributed by atoms with Crippen LogP contribution in [0.3, 0.4) is 0 Å². The number of carbonyl (C=O) groups excluding carboxylic acids is 1. The Bertz CT molecular complexity index is 313. The number of alkyl halides is 1. The lowest BCUT2D eigenvalue weighted by Gasteiger charge is -2.08. The van der Waals surface area contributed by atoms with Gasteiger partial charge in [-0.3, -0.25) is 0 Å². The molecule has 0 aliphatic carbocycles. The number of rotatable bonds is 17. The molecule has 3 heteroatoms. The highest BCUT2D eigenvalue weighted by Gasteiger charge is 2.04. The largest absolute Gasteiger partial charge is 0.463 e. The van der Waals surface area contributed by atoms with E-state index in [1.165, 1.54) is 69.8 Å². The molecular weight excluding hydrogens is 364 g/mol. The van der Waals surface area contributed by atoms with Gasteiger partial charge in [-0.1, -0.05) is 86.7 Å². The maximum Gasteiger partial charge on any atom is 0.330 e. The lowest BCUT2D eigenvalue weighted by Crippen LogP contribution is -2.04. The van der Waals surface area contributed by atoms with Crippen molar-refractivity contribution in [2.24, 2.45) is 0 Å². The third-order valence-electron chi connectivity index (χ3n) is 4.30. The number of carbonyl (C=O) groups is 1. The smallest absolute Gasteiger partial charge is 0.330 e. The lowest BCUT2D eigenvalue weighted by molar-refractivity contribution is -0.137. The summed E-state index contributed by atoms with van der Waals surface area (Å²) in [5, 5.41) is 1.09. The highest BCUT2D eigenvalue weighted by atomic mass is 79.9. The molecule has 0 aliphatic heterocycles. The van der Waals surface area contributed by atoms with Gasteiger partial charge in [0.15, 0.2) is 0 Å². The van der Waals surface area contributed by atoms with Crippen molar-refractivity contribution in [1.29, 1.82) is 0 Å². The van der Waals surface area contributed by atoms with E-state index >= 15 is 0 Å². The van der Waals surface area contributed by atoms with Crippen molar-refractivity contribution in [2.45, 2.75) is 104 Å². The molecule has 0 bridgehead atoms. The van der Waals surface area contributed by atoms with Crippen molar-refractivity contribution in [3.63, 3.8) is 0 Å². The number of allylic oxidation sites excluding steroid dienone is 1. The second-order valence-electron chi connectivity index (χ2n) is 6.69. The van der Waals surface area contributed by atoms with Gasteiger partial charge in [0.25, 0.3) is 0 Å². The molecule has 2 nitrogen and oxygen atoms in total. The zero-order valence-corrected chi connectivity index (χ0v) is 17.7. The van der Waals surface area contributed by atoms with E-state index in [2.05, 4.69) is 29.8 Å². The molecule has 0 radical (unpaired) electrons. The van der Waals surface area contributed by atoms with Crippen LogP contribution in [0.1, 0.15) is 104 Å². The van der Waals surface area contributed by atoms with Crippen molar-refractivity contribution in [2.75, 3.05) is 11.9 Å². The first-order chi connectivity index (χ1) is 11.7. The summed E-state index contributed by atoms with van der Waals surface area (Å²) in [7, 11) is 0. The van der Waals surface area contributed by atoms with Crippen LogP contribution in [0.4, 0.5) is 0 Å². The summed E-state index contributed by atoms with van der Waals surface area (Å²) in [6.07, 6.45) is 18.5. The fourth-order valence-corrected chi connectivity index (χ4v) is 3.15. The molecule has 0 fully saturated rings. The van der Waals surface area contributed by atoms with Gasteiger partial charge in [0.1, 0.15) is 0 Å². The third-order valence-corrected chi connectivity index (χ3v) is 4.86. The first-order valence-electron chi connectivity index (χ1n) is 10.2. The van der Waals surface area contributed by atoms with E-state index in [-0.39, 0.29) is 5.97 Å². The predicted octanol–water partition coefficient (Wildman–Crippen LogP) is 7.35. The summed E-state index contributed by atoms with van der Waals surface area (Å²) in [5.41, 5.74) is 1.29. The minimum atomic E-state index is -0.127. The average Bonchev–Trinajstić information content (AvgIpc) is 2.58. The van der Waals surface area contributed by atoms with E-state index in [1.807, 2.05) is 0 Å². The Kier molecular flexibility index (Phi) is 18.8. The lowest BCUT2D eigenvalue weighted by atomic mass is 10.0. The van der Waals surface area contributed by atoms with Gasteiger partial charge in [0.05, 0.1) is 6.61 Å². The summed E-state index contributed by atoms with van der Waals surface area (Å²) in [5.74, 6) is -0.127. The zero-order valence-electron chi connectivity index (χ0n) is 16.1. The molecule has 0 atom stereocenters. The summed E-state index contributed by atoms with van der Waals surface area (Å²) in [4.78, 5) is 12.0. The summed E-state index contributed by atoms with van der Waals surface area (Å²) >= 11 is 3.45. The summed E-state index contributed by atoms with van der Waals surface area (Å²) in [6, 6.07) is 0. The molecule has 0 aromatic rings. The Morgan fingerprint density at radius 2 is 1.33 bits per heavy atom. The van der Waals surface area contributed by atoms with Crippen LogP contribution >= 0.6 is 15.9 Å². The molecule has 0 saturated heterocycles. The fourth-order valence-electron chi connectivity index (χ4n) is 2.76. The van der Waals surface area contributed by atoms with Crippen LogP contribution in [-0.2, 0) is 9.53 Å². The minimum Gasteiger partial charge on any atom is -0.463 e. The Hall–Kier alpha value is -0.310. The van der Waals surface area contributed by atoms with Gasteiger partial charge in [-0.25, -0.2) is 4.79 Å². The molecule has 0 aliphatic rings. The van der Waals surface area contributed by atoms with E-state index in [1.54, 1.807) is 6.08 Å². The van der Waals surface area contributed by atoms with Crippen LogP contribution in [0, 0.1) is 0 Å². The Morgan fingerprint density at radius 1 is 0.792 bits per heavy atom. The van der Waals surface area contributed by atoms with E-state index in [9.17, 15) is 4.79 Å². The quantitative estimate of drug-likeness (QED) is 0.110. The summed E-state index contributed by atoms with van der Waals surface area (Å²) in [6.45, 7) is 5.02. The molecule has 0 N–H and O–H groups in total. The Morgan fingerprint density at radius 3 is 2.00 bits per heavy atom. The second kappa shape index (κ2) is 19.0. The number of halogens is 1. The van der Waals surface area contributed by atoms with Gasteiger partial charge in [-0.2, -0.15) is 0 Å². The van der Waals surface area contributed by atoms with Crippen molar-refractivity contribution in [3.05, 3.63) is 11.6 Å². The van der Waals surface area contributed by atoms with E-state index in [0.29, 0.717) is 6.61 Å². The molecule has 0 rings (SSSR count). The highest BCUT2D eigenvalue weighted by Crippen LogP contribution is 2.17. The maximum atomic E-state index is 12.0. The number of hydrogen-bond acceptors (Lipinski definition) is 2. The molecule has 142 valence electrons. The number of ether oxygens (including phenoxy) is 1. The minimum absolute atomic E-state index is 0.127. The van der Waals surface area contributed by atoms with Crippen LogP contribution < -0.4 is 0 Å². The van der Waals surface area contributed by atoms with Gasteiger partial charge in [0, 0.05) is 11.4 Å². The van der Waals surface area contributed by atoms with Crippen molar-refractivity contribution in [3.8, 4) is 0 Å². The Labute approximate surface area is 158 Å².